The smallest absolute Gasteiger partial charge is 0.234 e. The van der Waals surface area contributed by atoms with Gasteiger partial charge >= 0.3 is 0 Å². The molecule has 0 spiro atoms. The van der Waals surface area contributed by atoms with E-state index in [-0.39, 0.29) is 18.0 Å². The second-order valence-electron chi connectivity index (χ2n) is 7.27. The van der Waals surface area contributed by atoms with Crippen LogP contribution in [-0.4, -0.2) is 52.6 Å². The lowest BCUT2D eigenvalue weighted by atomic mass is 9.87. The van der Waals surface area contributed by atoms with Gasteiger partial charge < -0.3 is 9.64 Å². The first-order valence-electron chi connectivity index (χ1n) is 9.34. The quantitative estimate of drug-likeness (QED) is 0.746. The lowest BCUT2D eigenvalue weighted by molar-refractivity contribution is -0.136. The average Bonchev–Trinajstić information content (AvgIpc) is 3.32. The predicted octanol–water partition coefficient (Wildman–Crippen LogP) is 4.14. The van der Waals surface area contributed by atoms with Gasteiger partial charge in [-0.1, -0.05) is 29.3 Å². The summed E-state index contributed by atoms with van der Waals surface area (Å²) in [6.45, 7) is 3.18. The molecule has 1 aromatic heterocycles. The third-order valence-electron chi connectivity index (χ3n) is 5.54. The van der Waals surface area contributed by atoms with Crippen LogP contribution < -0.4 is 0 Å². The number of amides is 1. The topological polar surface area (TPSA) is 59.7 Å². The third-order valence-corrected chi connectivity index (χ3v) is 6.28. The van der Waals surface area contributed by atoms with E-state index in [4.69, 9.17) is 27.9 Å². The Balaban J connectivity index is 1.77. The molecular weight excluding hydrogens is 399 g/mol. The third kappa shape index (κ3) is 3.34. The number of aromatic nitrogens is 2. The number of benzene rings is 1. The molecule has 148 valence electrons. The average molecular weight is 421 g/mol. The number of aliphatic imine (C=N–C) groups is 1. The number of methoxy groups -OCH3 is 1. The van der Waals surface area contributed by atoms with Crippen molar-refractivity contribution in [1.82, 2.24) is 14.7 Å². The Bertz CT molecular complexity index is 927. The number of fused-ring (bicyclic) bond motifs is 1. The molecule has 2 aliphatic rings. The van der Waals surface area contributed by atoms with E-state index in [1.807, 2.05) is 30.0 Å². The van der Waals surface area contributed by atoms with E-state index in [1.165, 1.54) is 0 Å². The first-order chi connectivity index (χ1) is 13.5. The predicted molar refractivity (Wildman–Crippen MR) is 110 cm³/mol. The molecular formula is C20H22Cl2N4O2. The van der Waals surface area contributed by atoms with Gasteiger partial charge in [-0.15, -0.1) is 0 Å². The van der Waals surface area contributed by atoms with Crippen LogP contribution in [-0.2, 0) is 9.53 Å². The molecule has 8 heteroatoms. The minimum absolute atomic E-state index is 0.0537. The van der Waals surface area contributed by atoms with Crippen molar-refractivity contribution in [2.75, 3.05) is 20.3 Å². The van der Waals surface area contributed by atoms with E-state index < -0.39 is 5.92 Å². The minimum Gasteiger partial charge on any atom is -0.383 e. The highest BCUT2D eigenvalue weighted by atomic mass is 35.5. The van der Waals surface area contributed by atoms with Gasteiger partial charge in [0.15, 0.2) is 5.82 Å². The van der Waals surface area contributed by atoms with Gasteiger partial charge in [0.2, 0.25) is 5.91 Å². The van der Waals surface area contributed by atoms with Crippen LogP contribution in [0.2, 0.25) is 10.0 Å². The van der Waals surface area contributed by atoms with Crippen molar-refractivity contribution in [2.45, 2.75) is 31.8 Å². The lowest BCUT2D eigenvalue weighted by Crippen LogP contribution is -2.47. The monoisotopic (exact) mass is 420 g/mol. The summed E-state index contributed by atoms with van der Waals surface area (Å²) in [7, 11) is 1.67. The van der Waals surface area contributed by atoms with E-state index in [1.54, 1.807) is 24.1 Å². The number of rotatable bonds is 4. The zero-order valence-corrected chi connectivity index (χ0v) is 17.3. The molecule has 1 fully saturated rings. The number of hydrogen-bond acceptors (Lipinski definition) is 4. The second kappa shape index (κ2) is 7.85. The zero-order chi connectivity index (χ0) is 19.8. The van der Waals surface area contributed by atoms with Gasteiger partial charge in [-0.3, -0.25) is 4.79 Å². The highest BCUT2D eigenvalue weighted by molar-refractivity contribution is 6.42. The summed E-state index contributed by atoms with van der Waals surface area (Å²) in [6, 6.07) is 7.09. The molecule has 0 saturated carbocycles. The van der Waals surface area contributed by atoms with Crippen LogP contribution in [0.5, 0.6) is 0 Å². The van der Waals surface area contributed by atoms with Crippen molar-refractivity contribution in [1.29, 1.82) is 0 Å². The van der Waals surface area contributed by atoms with Crippen molar-refractivity contribution < 1.29 is 9.53 Å². The van der Waals surface area contributed by atoms with Gasteiger partial charge in [0.1, 0.15) is 5.92 Å². The molecule has 0 bridgehead atoms. The molecule has 3 atom stereocenters. The maximum absolute atomic E-state index is 13.7. The standard InChI is InChI=1S/C20H22Cl2N4O2/c1-12-18(20(27)25-9-3-4-14(25)11-28-2)19(26-17(24-12)7-8-23-26)13-5-6-15(21)16(22)10-13/h5-8,10,14,18-19H,3-4,9,11H2,1-2H3/t14-,18?,19?/m0/s1. The molecule has 0 N–H and O–H groups in total. The molecule has 3 heterocycles. The van der Waals surface area contributed by atoms with Crippen LogP contribution in [0, 0.1) is 5.92 Å². The number of likely N-dealkylation sites (tertiary alicyclic amines) is 1. The van der Waals surface area contributed by atoms with Crippen LogP contribution >= 0.6 is 23.2 Å². The molecule has 4 rings (SSSR count). The number of ether oxygens (including phenoxy) is 1. The molecule has 1 aromatic carbocycles. The highest BCUT2D eigenvalue weighted by Gasteiger charge is 2.42. The fraction of sp³-hybridized carbons (Fsp3) is 0.450. The molecule has 28 heavy (non-hydrogen) atoms. The van der Waals surface area contributed by atoms with Gasteiger partial charge in [-0.25, -0.2) is 9.67 Å². The van der Waals surface area contributed by atoms with Crippen molar-refractivity contribution in [3.8, 4) is 0 Å². The fourth-order valence-corrected chi connectivity index (χ4v) is 4.55. The molecule has 6 nitrogen and oxygen atoms in total. The Labute approximate surface area is 174 Å². The number of carbonyl (C=O) groups excluding carboxylic acids is 1. The molecule has 1 amide bonds. The maximum Gasteiger partial charge on any atom is 0.234 e. The van der Waals surface area contributed by atoms with Crippen LogP contribution in [0.15, 0.2) is 35.5 Å². The van der Waals surface area contributed by atoms with Gasteiger partial charge in [-0.05, 0) is 37.5 Å². The molecule has 2 aromatic rings. The summed E-state index contributed by atoms with van der Waals surface area (Å²) in [5, 5.41) is 5.39. The summed E-state index contributed by atoms with van der Waals surface area (Å²) < 4.78 is 7.13. The number of hydrogen-bond donors (Lipinski definition) is 0. The van der Waals surface area contributed by atoms with Crippen molar-refractivity contribution >= 4 is 40.6 Å². The van der Waals surface area contributed by atoms with E-state index in [2.05, 4.69) is 10.1 Å². The van der Waals surface area contributed by atoms with Crippen molar-refractivity contribution in [3.05, 3.63) is 46.1 Å². The summed E-state index contributed by atoms with van der Waals surface area (Å²) in [4.78, 5) is 20.2. The van der Waals surface area contributed by atoms with Gasteiger partial charge in [0, 0.05) is 25.4 Å². The van der Waals surface area contributed by atoms with E-state index in [0.29, 0.717) is 16.7 Å². The molecule has 2 unspecified atom stereocenters. The number of halogens is 2. The Morgan fingerprint density at radius 1 is 1.29 bits per heavy atom. The first kappa shape index (κ1) is 19.4. The van der Waals surface area contributed by atoms with Crippen LogP contribution in [0.4, 0.5) is 5.82 Å². The van der Waals surface area contributed by atoms with E-state index >= 15 is 0 Å². The summed E-state index contributed by atoms with van der Waals surface area (Å²) in [5.41, 5.74) is 1.66. The Morgan fingerprint density at radius 2 is 2.11 bits per heavy atom. The Morgan fingerprint density at radius 3 is 2.86 bits per heavy atom. The lowest BCUT2D eigenvalue weighted by Gasteiger charge is -2.35. The fourth-order valence-electron chi connectivity index (χ4n) is 4.24. The second-order valence-corrected chi connectivity index (χ2v) is 8.08. The van der Waals surface area contributed by atoms with Gasteiger partial charge in [-0.2, -0.15) is 5.10 Å². The maximum atomic E-state index is 13.7. The van der Waals surface area contributed by atoms with Gasteiger partial charge in [0.25, 0.3) is 0 Å². The molecule has 2 aliphatic heterocycles. The molecule has 1 saturated heterocycles. The molecule has 0 radical (unpaired) electrons. The molecule has 0 aliphatic carbocycles. The highest BCUT2D eigenvalue weighted by Crippen LogP contribution is 2.39. The zero-order valence-electron chi connectivity index (χ0n) is 15.8. The van der Waals surface area contributed by atoms with E-state index in [0.717, 1.165) is 36.5 Å². The Hall–Kier alpha value is -1.89. The first-order valence-corrected chi connectivity index (χ1v) is 10.1. The van der Waals surface area contributed by atoms with Crippen molar-refractivity contribution in [2.24, 2.45) is 10.9 Å². The SMILES string of the molecule is COC[C@@H]1CCCN1C(=O)C1C(C)=Nc2ccnn2C1c1ccc(Cl)c(Cl)c1. The summed E-state index contributed by atoms with van der Waals surface area (Å²) >= 11 is 12.4. The normalized spacial score (nSPS) is 24.2. The van der Waals surface area contributed by atoms with Gasteiger partial charge in [0.05, 0.1) is 34.9 Å². The van der Waals surface area contributed by atoms with Crippen LogP contribution in [0.3, 0.4) is 0 Å². The van der Waals surface area contributed by atoms with Crippen molar-refractivity contribution in [3.63, 3.8) is 0 Å². The van der Waals surface area contributed by atoms with Crippen LogP contribution in [0.1, 0.15) is 31.4 Å². The minimum atomic E-state index is -0.456. The Kier molecular flexibility index (Phi) is 5.45. The summed E-state index contributed by atoms with van der Waals surface area (Å²) in [6.07, 6.45) is 3.63. The van der Waals surface area contributed by atoms with Crippen LogP contribution in [0.25, 0.3) is 0 Å². The largest absolute Gasteiger partial charge is 0.383 e. The number of carbonyl (C=O) groups is 1. The summed E-state index contributed by atoms with van der Waals surface area (Å²) in [5.74, 6) is 0.326. The number of nitrogens with zero attached hydrogens (tertiary/aromatic N) is 4. The van der Waals surface area contributed by atoms with E-state index in [9.17, 15) is 4.79 Å².